The molecule has 1 heterocycles. The zero-order chi connectivity index (χ0) is 6.85. The molecule has 1 N–H and O–H groups in total. The maximum atomic E-state index is 9.17. The minimum Gasteiger partial charge on any atom is -0.390 e. The van der Waals surface area contributed by atoms with E-state index in [-0.39, 0.29) is 56.3 Å². The van der Waals surface area contributed by atoms with Gasteiger partial charge < -0.3 is 9.84 Å². The zero-order valence-electron chi connectivity index (χ0n) is 6.58. The second kappa shape index (κ2) is 5.09. The van der Waals surface area contributed by atoms with Crippen molar-refractivity contribution in [3.63, 3.8) is 0 Å². The van der Waals surface area contributed by atoms with Crippen molar-refractivity contribution in [2.24, 2.45) is 0 Å². The third-order valence-corrected chi connectivity index (χ3v) is 1.91. The molecule has 0 aromatic rings. The summed E-state index contributed by atoms with van der Waals surface area (Å²) in [6.45, 7) is 4.00. The summed E-state index contributed by atoms with van der Waals surface area (Å²) in [4.78, 5) is 0. The average molecular weight is 357 g/mol. The largest absolute Gasteiger partial charge is 0.390 e. The zero-order valence-corrected chi connectivity index (χ0v) is 11.3. The second-order valence-corrected chi connectivity index (χ2v) is 2.67. The van der Waals surface area contributed by atoms with Crippen LogP contribution in [0, 0.1) is 44.1 Å². The van der Waals surface area contributed by atoms with Crippen LogP contribution in [0.1, 0.15) is 26.7 Å². The fourth-order valence-corrected chi connectivity index (χ4v) is 1.17. The van der Waals surface area contributed by atoms with Crippen molar-refractivity contribution < 1.29 is 53.9 Å². The Balaban J connectivity index is 0.000000810. The topological polar surface area (TPSA) is 29.5 Å². The normalized spacial score (nSPS) is 39.3. The Bertz CT molecular complexity index is 87.6. The van der Waals surface area contributed by atoms with Gasteiger partial charge in [0.1, 0.15) is 0 Å². The second-order valence-electron chi connectivity index (χ2n) is 2.67. The first-order valence-electron chi connectivity index (χ1n) is 3.57. The van der Waals surface area contributed by atoms with Crippen molar-refractivity contribution >= 4 is 0 Å². The Hall–Kier alpha value is 1.36. The molecule has 0 amide bonds. The van der Waals surface area contributed by atoms with Gasteiger partial charge in [-0.2, -0.15) is 0 Å². The van der Waals surface area contributed by atoms with E-state index in [4.69, 9.17) is 4.74 Å². The Kier molecular flexibility index (Phi) is 5.78. The smallest absolute Gasteiger partial charge is 0.0823 e. The van der Waals surface area contributed by atoms with E-state index in [0.717, 1.165) is 12.8 Å². The number of hydrogen-bond donors (Lipinski definition) is 1. The van der Waals surface area contributed by atoms with E-state index in [1.54, 1.807) is 0 Å². The van der Waals surface area contributed by atoms with E-state index in [1.165, 1.54) is 0 Å². The molecule has 57 valence electrons. The van der Waals surface area contributed by atoms with E-state index in [0.29, 0.717) is 6.10 Å². The van der Waals surface area contributed by atoms with Crippen molar-refractivity contribution in [2.75, 3.05) is 0 Å². The Labute approximate surface area is 97.9 Å². The number of rotatable bonds is 1. The first kappa shape index (κ1) is 11.4. The van der Waals surface area contributed by atoms with Crippen molar-refractivity contribution in [1.29, 1.82) is 0 Å². The van der Waals surface area contributed by atoms with Crippen LogP contribution >= 0.6 is 0 Å². The van der Waals surface area contributed by atoms with Crippen molar-refractivity contribution in [3.05, 3.63) is 0 Å². The van der Waals surface area contributed by atoms with E-state index in [1.807, 2.05) is 6.92 Å². The number of hydrogen-bond acceptors (Lipinski definition) is 2. The summed E-state index contributed by atoms with van der Waals surface area (Å²) in [5.41, 5.74) is 0. The van der Waals surface area contributed by atoms with Crippen LogP contribution in [-0.2, 0) is 4.74 Å². The molecule has 0 saturated carbocycles. The van der Waals surface area contributed by atoms with E-state index >= 15 is 0 Å². The average Bonchev–Trinajstić information content (AvgIpc) is 2.13. The summed E-state index contributed by atoms with van der Waals surface area (Å²) in [5.74, 6) is 0. The molecule has 1 saturated heterocycles. The molecule has 1 aliphatic heterocycles. The van der Waals surface area contributed by atoms with Gasteiger partial charge in [-0.3, -0.25) is 0 Å². The molecule has 1 aliphatic rings. The molecule has 2 nitrogen and oxygen atoms in total. The minimum atomic E-state index is -0.227. The van der Waals surface area contributed by atoms with Gasteiger partial charge in [-0.1, -0.05) is 6.92 Å². The molecule has 0 aromatic carbocycles. The van der Waals surface area contributed by atoms with Crippen LogP contribution in [0.25, 0.3) is 0 Å². The minimum absolute atomic E-state index is 0. The van der Waals surface area contributed by atoms with Gasteiger partial charge in [-0.25, -0.2) is 0 Å². The quantitative estimate of drug-likeness (QED) is 0.757. The molecule has 0 aromatic heterocycles. The number of ether oxygens (including phenoxy) is 1. The van der Waals surface area contributed by atoms with E-state index < -0.39 is 0 Å². The van der Waals surface area contributed by atoms with Gasteiger partial charge in [0.05, 0.1) is 18.3 Å². The van der Waals surface area contributed by atoms with Gasteiger partial charge in [0.2, 0.25) is 0 Å². The maximum absolute atomic E-state index is 9.17. The van der Waals surface area contributed by atoms with Gasteiger partial charge in [0.15, 0.2) is 0 Å². The molecule has 0 aliphatic carbocycles. The summed E-state index contributed by atoms with van der Waals surface area (Å²) >= 11 is 0. The first-order valence-corrected chi connectivity index (χ1v) is 3.57. The van der Waals surface area contributed by atoms with Crippen LogP contribution in [-0.4, -0.2) is 23.4 Å². The van der Waals surface area contributed by atoms with E-state index in [2.05, 4.69) is 6.92 Å². The van der Waals surface area contributed by atoms with Gasteiger partial charge in [0, 0.05) is 50.5 Å². The number of aliphatic hydroxyl groups excluding tert-OH is 1. The standard InChI is InChI=1S/C7H14O2.Ac/c1-3-6-4-7(8)5(2)9-6;/h5-8H,3-4H2,1-2H3;. The summed E-state index contributed by atoms with van der Waals surface area (Å²) in [5, 5.41) is 9.17. The Morgan fingerprint density at radius 2 is 2.20 bits per heavy atom. The molecule has 3 heteroatoms. The molecule has 0 spiro atoms. The maximum Gasteiger partial charge on any atom is 0.0823 e. The molecule has 0 bridgehead atoms. The van der Waals surface area contributed by atoms with Gasteiger partial charge in [-0.05, 0) is 13.3 Å². The van der Waals surface area contributed by atoms with Crippen LogP contribution < -0.4 is 0 Å². The van der Waals surface area contributed by atoms with Crippen molar-refractivity contribution in [1.82, 2.24) is 0 Å². The van der Waals surface area contributed by atoms with E-state index in [9.17, 15) is 5.11 Å². The predicted octanol–water partition coefficient (Wildman–Crippen LogP) is 0.935. The van der Waals surface area contributed by atoms with Crippen molar-refractivity contribution in [2.45, 2.75) is 45.0 Å². The predicted molar refractivity (Wildman–Crippen MR) is 35.2 cm³/mol. The van der Waals surface area contributed by atoms with Gasteiger partial charge in [0.25, 0.3) is 0 Å². The fraction of sp³-hybridized carbons (Fsp3) is 1.00. The monoisotopic (exact) mass is 357 g/mol. The Morgan fingerprint density at radius 1 is 1.60 bits per heavy atom. The van der Waals surface area contributed by atoms with Crippen molar-refractivity contribution in [3.8, 4) is 0 Å². The summed E-state index contributed by atoms with van der Waals surface area (Å²) in [6, 6.07) is 0. The molecule has 10 heavy (non-hydrogen) atoms. The Morgan fingerprint density at radius 3 is 2.40 bits per heavy atom. The first-order chi connectivity index (χ1) is 4.24. The SMILES string of the molecule is CCC1CC(O)C(C)O1.[Ac]. The van der Waals surface area contributed by atoms with Crippen LogP contribution in [0.4, 0.5) is 0 Å². The molecule has 3 atom stereocenters. The van der Waals surface area contributed by atoms with Crippen LogP contribution in [0.5, 0.6) is 0 Å². The number of aliphatic hydroxyl groups is 1. The molecular formula is C7H14AcO2. The van der Waals surface area contributed by atoms with Gasteiger partial charge >= 0.3 is 0 Å². The third-order valence-electron chi connectivity index (χ3n) is 1.91. The van der Waals surface area contributed by atoms with Gasteiger partial charge in [-0.15, -0.1) is 0 Å². The summed E-state index contributed by atoms with van der Waals surface area (Å²) in [7, 11) is 0. The summed E-state index contributed by atoms with van der Waals surface area (Å²) < 4.78 is 5.37. The summed E-state index contributed by atoms with van der Waals surface area (Å²) in [6.07, 6.45) is 1.96. The molecule has 1 rings (SSSR count). The molecule has 3 unspecified atom stereocenters. The fourth-order valence-electron chi connectivity index (χ4n) is 1.17. The van der Waals surface area contributed by atoms with Crippen LogP contribution in [0.2, 0.25) is 0 Å². The van der Waals surface area contributed by atoms with Crippen LogP contribution in [0.15, 0.2) is 0 Å². The van der Waals surface area contributed by atoms with Crippen LogP contribution in [0.3, 0.4) is 0 Å². The molecule has 1 radical (unpaired) electrons. The molecular weight excluding hydrogens is 343 g/mol. The third kappa shape index (κ3) is 2.77. The molecule has 1 fully saturated rings.